The van der Waals surface area contributed by atoms with Gasteiger partial charge in [0.25, 0.3) is 11.8 Å². The summed E-state index contributed by atoms with van der Waals surface area (Å²) in [5, 5.41) is 0.388. The molecule has 2 aromatic heterocycles. The summed E-state index contributed by atoms with van der Waals surface area (Å²) in [4.78, 5) is 52.6. The van der Waals surface area contributed by atoms with Gasteiger partial charge in [-0.25, -0.2) is 4.39 Å². The number of imide groups is 1. The number of aromatic nitrogens is 1. The molecule has 3 aromatic carbocycles. The highest BCUT2D eigenvalue weighted by Gasteiger charge is 2.34. The van der Waals surface area contributed by atoms with Gasteiger partial charge >= 0.3 is 5.97 Å². The number of nitrogens with zero attached hydrogens (tertiary/aromatic N) is 2. The van der Waals surface area contributed by atoms with Crippen molar-refractivity contribution in [3.8, 4) is 11.3 Å². The van der Waals surface area contributed by atoms with E-state index < -0.39 is 5.97 Å². The standard InChI is InChI=1S/C34H26BrFN2O5S/c1-43-28(39)19-22-18-27(44-32(22)35)31(40)21-13-14-25-26(17-21)37(30(29(25)36)20-9-3-2-4-10-20)15-7-8-16-38-33(41)23-11-5-6-12-24(23)34(38)42/h2-6,9-14,17-18H,7-8,15-16,19H2,1H3. The van der Waals surface area contributed by atoms with E-state index in [1.54, 1.807) is 48.5 Å². The van der Waals surface area contributed by atoms with Crippen molar-refractivity contribution in [2.75, 3.05) is 13.7 Å². The zero-order valence-electron chi connectivity index (χ0n) is 23.6. The van der Waals surface area contributed by atoms with Crippen molar-refractivity contribution in [1.82, 2.24) is 9.47 Å². The molecule has 2 amide bonds. The number of carbonyl (C=O) groups is 4. The smallest absolute Gasteiger partial charge is 0.310 e. The Hall–Kier alpha value is -4.41. The molecule has 0 fully saturated rings. The maximum absolute atomic E-state index is 16.0. The second-order valence-electron chi connectivity index (χ2n) is 10.4. The molecule has 3 heterocycles. The molecular formula is C34H26BrFN2O5S. The fourth-order valence-electron chi connectivity index (χ4n) is 5.55. The van der Waals surface area contributed by atoms with Crippen LogP contribution in [0.3, 0.4) is 0 Å². The first kappa shape index (κ1) is 29.7. The first-order chi connectivity index (χ1) is 21.3. The molecule has 0 unspecified atom stereocenters. The van der Waals surface area contributed by atoms with Gasteiger partial charge in [0.05, 0.1) is 44.5 Å². The number of methoxy groups -OCH3 is 1. The zero-order chi connectivity index (χ0) is 31.0. The molecule has 0 N–H and O–H groups in total. The van der Waals surface area contributed by atoms with Gasteiger partial charge in [-0.05, 0) is 64.7 Å². The summed E-state index contributed by atoms with van der Waals surface area (Å²) in [6, 6.07) is 22.6. The van der Waals surface area contributed by atoms with Gasteiger partial charge in [-0.15, -0.1) is 11.3 Å². The molecule has 0 atom stereocenters. The molecule has 5 aromatic rings. The van der Waals surface area contributed by atoms with E-state index in [1.807, 2.05) is 34.9 Å². The molecule has 0 aliphatic carbocycles. The maximum Gasteiger partial charge on any atom is 0.310 e. The summed E-state index contributed by atoms with van der Waals surface area (Å²) in [5.41, 5.74) is 3.54. The number of amides is 2. The summed E-state index contributed by atoms with van der Waals surface area (Å²) in [5.74, 6) is -1.63. The number of unbranched alkanes of at least 4 members (excludes halogenated alkanes) is 1. The molecule has 6 rings (SSSR count). The van der Waals surface area contributed by atoms with Crippen LogP contribution in [-0.4, -0.2) is 46.7 Å². The van der Waals surface area contributed by atoms with Crippen LogP contribution < -0.4 is 0 Å². The van der Waals surface area contributed by atoms with Crippen molar-refractivity contribution in [2.45, 2.75) is 25.8 Å². The third-order valence-electron chi connectivity index (χ3n) is 7.75. The lowest BCUT2D eigenvalue weighted by Gasteiger charge is -2.15. The zero-order valence-corrected chi connectivity index (χ0v) is 26.0. The number of esters is 1. The van der Waals surface area contributed by atoms with Crippen LogP contribution in [0.25, 0.3) is 22.2 Å². The van der Waals surface area contributed by atoms with Crippen LogP contribution in [0.5, 0.6) is 0 Å². The molecule has 7 nitrogen and oxygen atoms in total. The minimum absolute atomic E-state index is 0.0368. The van der Waals surface area contributed by atoms with E-state index in [4.69, 9.17) is 4.74 Å². The van der Waals surface area contributed by atoms with Crippen LogP contribution >= 0.6 is 27.3 Å². The number of halogens is 2. The number of fused-ring (bicyclic) bond motifs is 2. The van der Waals surface area contributed by atoms with Crippen molar-refractivity contribution in [1.29, 1.82) is 0 Å². The summed E-state index contributed by atoms with van der Waals surface area (Å²) in [6.07, 6.45) is 1.12. The number of carbonyl (C=O) groups excluding carboxylic acids is 4. The fourth-order valence-corrected chi connectivity index (χ4v) is 7.19. The van der Waals surface area contributed by atoms with Crippen molar-refractivity contribution < 1.29 is 28.3 Å². The molecule has 44 heavy (non-hydrogen) atoms. The third-order valence-corrected chi connectivity index (χ3v) is 9.71. The molecule has 0 saturated carbocycles. The van der Waals surface area contributed by atoms with Crippen LogP contribution in [0.2, 0.25) is 0 Å². The number of ketones is 1. The predicted octanol–water partition coefficient (Wildman–Crippen LogP) is 7.29. The number of hydrogen-bond donors (Lipinski definition) is 0. The van der Waals surface area contributed by atoms with Gasteiger partial charge in [-0.2, -0.15) is 0 Å². The van der Waals surface area contributed by atoms with Crippen molar-refractivity contribution >= 4 is 61.7 Å². The highest BCUT2D eigenvalue weighted by molar-refractivity contribution is 9.11. The Bertz CT molecular complexity index is 1910. The third kappa shape index (κ3) is 5.39. The Labute approximate surface area is 265 Å². The second-order valence-corrected chi connectivity index (χ2v) is 12.8. The van der Waals surface area contributed by atoms with Gasteiger partial charge in [0, 0.05) is 29.6 Å². The van der Waals surface area contributed by atoms with Crippen LogP contribution in [0.1, 0.15) is 54.4 Å². The highest BCUT2D eigenvalue weighted by atomic mass is 79.9. The second kappa shape index (κ2) is 12.3. The Balaban J connectivity index is 1.29. The summed E-state index contributed by atoms with van der Waals surface area (Å²) < 4.78 is 23.3. The Morgan fingerprint density at radius 2 is 1.55 bits per heavy atom. The predicted molar refractivity (Wildman–Crippen MR) is 170 cm³/mol. The molecule has 10 heteroatoms. The molecular weight excluding hydrogens is 647 g/mol. The monoisotopic (exact) mass is 672 g/mol. The number of aryl methyl sites for hydroxylation is 1. The minimum Gasteiger partial charge on any atom is -0.469 e. The lowest BCUT2D eigenvalue weighted by molar-refractivity contribution is -0.139. The first-order valence-corrected chi connectivity index (χ1v) is 15.6. The SMILES string of the molecule is COC(=O)Cc1cc(C(=O)c2ccc3c(F)c(-c4ccccc4)n(CCCCN4C(=O)c5ccccc5C4=O)c3c2)sc1Br. The van der Waals surface area contributed by atoms with E-state index in [2.05, 4.69) is 15.9 Å². The van der Waals surface area contributed by atoms with E-state index in [9.17, 15) is 19.2 Å². The van der Waals surface area contributed by atoms with E-state index in [0.29, 0.717) is 72.5 Å². The molecule has 0 saturated heterocycles. The average Bonchev–Trinajstić information content (AvgIpc) is 3.63. The Morgan fingerprint density at radius 1 is 0.886 bits per heavy atom. The normalized spacial score (nSPS) is 12.7. The number of hydrogen-bond acceptors (Lipinski definition) is 6. The molecule has 0 spiro atoms. The van der Waals surface area contributed by atoms with E-state index in [1.165, 1.54) is 23.3 Å². The molecule has 222 valence electrons. The Kier molecular flexibility index (Phi) is 8.29. The lowest BCUT2D eigenvalue weighted by atomic mass is 10.1. The molecule has 0 radical (unpaired) electrons. The van der Waals surface area contributed by atoms with Gasteiger partial charge in [-0.3, -0.25) is 24.1 Å². The van der Waals surface area contributed by atoms with Gasteiger partial charge in [0.2, 0.25) is 5.78 Å². The minimum atomic E-state index is -0.409. The van der Waals surface area contributed by atoms with Crippen molar-refractivity contribution in [3.05, 3.63) is 116 Å². The number of benzene rings is 3. The van der Waals surface area contributed by atoms with Crippen LogP contribution in [0.4, 0.5) is 4.39 Å². The summed E-state index contributed by atoms with van der Waals surface area (Å²) >= 11 is 4.67. The topological polar surface area (TPSA) is 85.7 Å². The number of rotatable bonds is 10. The maximum atomic E-state index is 16.0. The van der Waals surface area contributed by atoms with Gasteiger partial charge in [-0.1, -0.05) is 48.5 Å². The fraction of sp³-hybridized carbons (Fsp3) is 0.176. The van der Waals surface area contributed by atoms with Gasteiger partial charge < -0.3 is 9.30 Å². The number of thiophene rings is 1. The quantitative estimate of drug-likeness (QED) is 0.0673. The number of ether oxygens (including phenoxy) is 1. The first-order valence-electron chi connectivity index (χ1n) is 14.0. The van der Waals surface area contributed by atoms with E-state index >= 15 is 4.39 Å². The highest BCUT2D eigenvalue weighted by Crippen LogP contribution is 2.35. The molecule has 0 bridgehead atoms. The summed E-state index contributed by atoms with van der Waals surface area (Å²) in [7, 11) is 1.31. The van der Waals surface area contributed by atoms with Gasteiger partial charge in [0.1, 0.15) is 0 Å². The lowest BCUT2D eigenvalue weighted by Crippen LogP contribution is -2.30. The van der Waals surface area contributed by atoms with Crippen molar-refractivity contribution in [3.63, 3.8) is 0 Å². The molecule has 1 aliphatic rings. The van der Waals surface area contributed by atoms with E-state index in [0.717, 1.165) is 0 Å². The average molecular weight is 674 g/mol. The van der Waals surface area contributed by atoms with E-state index in [-0.39, 0.29) is 36.4 Å². The Morgan fingerprint density at radius 3 is 2.23 bits per heavy atom. The van der Waals surface area contributed by atoms with Crippen LogP contribution in [-0.2, 0) is 22.5 Å². The molecule has 1 aliphatic heterocycles. The van der Waals surface area contributed by atoms with Crippen LogP contribution in [0.15, 0.2) is 82.6 Å². The van der Waals surface area contributed by atoms with Crippen molar-refractivity contribution in [2.24, 2.45) is 0 Å². The van der Waals surface area contributed by atoms with Gasteiger partial charge in [0.15, 0.2) is 5.82 Å². The summed E-state index contributed by atoms with van der Waals surface area (Å²) in [6.45, 7) is 0.652. The largest absolute Gasteiger partial charge is 0.469 e. The van der Waals surface area contributed by atoms with Crippen LogP contribution in [0, 0.1) is 5.82 Å².